The molecule has 1 aliphatic heterocycles. The van der Waals surface area contributed by atoms with Gasteiger partial charge >= 0.3 is 12.6 Å². The number of rotatable bonds is 10. The third kappa shape index (κ3) is 5.65. The summed E-state index contributed by atoms with van der Waals surface area (Å²) in [5.41, 5.74) is -0.232. The molecule has 0 spiro atoms. The molecule has 8 nitrogen and oxygen atoms in total. The Labute approximate surface area is 173 Å². The van der Waals surface area contributed by atoms with Gasteiger partial charge in [-0.3, -0.25) is 9.59 Å². The number of carbonyl (C=O) groups is 3. The minimum Gasteiger partial charge on any atom is -0.435 e. The smallest absolute Gasteiger partial charge is 0.387 e. The van der Waals surface area contributed by atoms with Gasteiger partial charge in [0.1, 0.15) is 11.3 Å². The third-order valence-electron chi connectivity index (χ3n) is 5.24. The zero-order chi connectivity index (χ0) is 21.9. The number of ether oxygens (including phenoxy) is 1. The van der Waals surface area contributed by atoms with Crippen molar-refractivity contribution in [1.82, 2.24) is 15.5 Å². The maximum absolute atomic E-state index is 12.9. The number of imide groups is 1. The molecule has 1 aromatic rings. The fourth-order valence-electron chi connectivity index (χ4n) is 3.40. The van der Waals surface area contributed by atoms with E-state index in [-0.39, 0.29) is 36.8 Å². The van der Waals surface area contributed by atoms with Crippen LogP contribution in [0.5, 0.6) is 5.75 Å². The van der Waals surface area contributed by atoms with Crippen LogP contribution in [0.2, 0.25) is 0 Å². The maximum atomic E-state index is 12.9. The predicted octanol–water partition coefficient (Wildman–Crippen LogP) is 0.282. The van der Waals surface area contributed by atoms with Crippen molar-refractivity contribution < 1.29 is 32.8 Å². The molecule has 1 aromatic carbocycles. The molecule has 2 aliphatic rings. The van der Waals surface area contributed by atoms with Crippen LogP contribution >= 0.6 is 0 Å². The first kappa shape index (κ1) is 21.9. The van der Waals surface area contributed by atoms with Gasteiger partial charge in [0.15, 0.2) is 13.2 Å². The number of hydrogen-bond acceptors (Lipinski definition) is 4. The average Bonchev–Trinajstić information content (AvgIpc) is 3.44. The van der Waals surface area contributed by atoms with Crippen LogP contribution in [0.25, 0.3) is 0 Å². The number of aryl methyl sites for hydroxylation is 1. The van der Waals surface area contributed by atoms with Gasteiger partial charge < -0.3 is 20.3 Å². The first-order valence-corrected chi connectivity index (χ1v) is 9.95. The SMILES string of the molecule is C[NH+](CC(=O)NC1CC1)CN1C(=O)N[C@](C)(CCc2ccc(OC(F)F)cc2)C1=O. The molecule has 4 amide bonds. The van der Waals surface area contributed by atoms with Crippen LogP contribution in [-0.2, 0) is 16.0 Å². The van der Waals surface area contributed by atoms with E-state index in [1.54, 1.807) is 26.1 Å². The highest BCUT2D eigenvalue weighted by molar-refractivity contribution is 6.06. The zero-order valence-corrected chi connectivity index (χ0v) is 17.0. The number of nitrogens with zero attached hydrogens (tertiary/aromatic N) is 1. The van der Waals surface area contributed by atoms with Crippen LogP contribution in [0, 0.1) is 0 Å². The molecular formula is C20H27F2N4O4+. The number of nitrogens with one attached hydrogen (secondary N) is 3. The molecular weight excluding hydrogens is 398 g/mol. The van der Waals surface area contributed by atoms with Gasteiger partial charge in [-0.1, -0.05) is 12.1 Å². The number of alkyl halides is 2. The van der Waals surface area contributed by atoms with Gasteiger partial charge in [0.25, 0.3) is 11.8 Å². The van der Waals surface area contributed by atoms with E-state index in [9.17, 15) is 23.2 Å². The van der Waals surface area contributed by atoms with E-state index in [1.165, 1.54) is 12.1 Å². The van der Waals surface area contributed by atoms with E-state index in [4.69, 9.17) is 0 Å². The maximum Gasteiger partial charge on any atom is 0.387 e. The minimum atomic E-state index is -2.88. The summed E-state index contributed by atoms with van der Waals surface area (Å²) in [7, 11) is 1.76. The molecule has 2 fully saturated rings. The Hall–Kier alpha value is -2.75. The number of amides is 4. The van der Waals surface area contributed by atoms with Gasteiger partial charge in [-0.05, 0) is 50.3 Å². The Morgan fingerprint density at radius 3 is 2.60 bits per heavy atom. The Bertz CT molecular complexity index is 801. The first-order valence-electron chi connectivity index (χ1n) is 9.95. The Morgan fingerprint density at radius 2 is 2.00 bits per heavy atom. The lowest BCUT2D eigenvalue weighted by atomic mass is 9.93. The fraction of sp³-hybridized carbons (Fsp3) is 0.550. The van der Waals surface area contributed by atoms with Crippen LogP contribution < -0.4 is 20.3 Å². The average molecular weight is 425 g/mol. The lowest BCUT2D eigenvalue weighted by Crippen LogP contribution is -3.12. The van der Waals surface area contributed by atoms with Crippen molar-refractivity contribution in [3.05, 3.63) is 29.8 Å². The van der Waals surface area contributed by atoms with Gasteiger partial charge in [0.05, 0.1) is 7.05 Å². The van der Waals surface area contributed by atoms with Crippen molar-refractivity contribution in [3.63, 3.8) is 0 Å². The molecule has 3 N–H and O–H groups in total. The fourth-order valence-corrected chi connectivity index (χ4v) is 3.40. The monoisotopic (exact) mass is 425 g/mol. The molecule has 0 radical (unpaired) electrons. The molecule has 30 heavy (non-hydrogen) atoms. The second kappa shape index (κ2) is 8.95. The summed E-state index contributed by atoms with van der Waals surface area (Å²) < 4.78 is 28.8. The third-order valence-corrected chi connectivity index (χ3v) is 5.24. The normalized spacial score (nSPS) is 22.2. The zero-order valence-electron chi connectivity index (χ0n) is 17.0. The van der Waals surface area contributed by atoms with Crippen molar-refractivity contribution in [1.29, 1.82) is 0 Å². The number of carbonyl (C=O) groups excluding carboxylic acids is 3. The van der Waals surface area contributed by atoms with Crippen molar-refractivity contribution >= 4 is 17.8 Å². The first-order chi connectivity index (χ1) is 14.2. The van der Waals surface area contributed by atoms with Crippen LogP contribution in [0.3, 0.4) is 0 Å². The Morgan fingerprint density at radius 1 is 1.33 bits per heavy atom. The van der Waals surface area contributed by atoms with E-state index >= 15 is 0 Å². The summed E-state index contributed by atoms with van der Waals surface area (Å²) in [5.74, 6) is -0.371. The van der Waals surface area contributed by atoms with Gasteiger partial charge in [-0.25, -0.2) is 9.69 Å². The highest BCUT2D eigenvalue weighted by Crippen LogP contribution is 2.24. The van der Waals surface area contributed by atoms with E-state index in [2.05, 4.69) is 15.4 Å². The number of halogens is 2. The van der Waals surface area contributed by atoms with E-state index in [0.29, 0.717) is 12.8 Å². The molecule has 1 unspecified atom stereocenters. The number of urea groups is 1. The van der Waals surface area contributed by atoms with Crippen molar-refractivity contribution in [2.75, 3.05) is 20.3 Å². The van der Waals surface area contributed by atoms with Crippen molar-refractivity contribution in [3.8, 4) is 5.75 Å². The lowest BCUT2D eigenvalue weighted by Gasteiger charge is -2.23. The molecule has 0 bridgehead atoms. The van der Waals surface area contributed by atoms with E-state index < -0.39 is 18.2 Å². The van der Waals surface area contributed by atoms with E-state index in [1.807, 2.05) is 0 Å². The van der Waals surface area contributed by atoms with Crippen LogP contribution in [0.15, 0.2) is 24.3 Å². The molecule has 10 heteroatoms. The van der Waals surface area contributed by atoms with Gasteiger partial charge in [-0.2, -0.15) is 8.78 Å². The minimum absolute atomic E-state index is 0.0631. The largest absolute Gasteiger partial charge is 0.435 e. The lowest BCUT2D eigenvalue weighted by molar-refractivity contribution is -0.879. The summed E-state index contributed by atoms with van der Waals surface area (Å²) in [6.07, 6.45) is 2.82. The summed E-state index contributed by atoms with van der Waals surface area (Å²) in [6, 6.07) is 5.96. The van der Waals surface area contributed by atoms with Crippen LogP contribution in [0.1, 0.15) is 31.7 Å². The molecule has 2 atom stereocenters. The second-order valence-corrected chi connectivity index (χ2v) is 8.15. The van der Waals surface area contributed by atoms with Crippen LogP contribution in [-0.4, -0.2) is 61.2 Å². The number of quaternary nitrogens is 1. The molecule has 1 saturated heterocycles. The molecule has 1 saturated carbocycles. The number of hydrogen-bond donors (Lipinski definition) is 3. The highest BCUT2D eigenvalue weighted by Gasteiger charge is 2.48. The quantitative estimate of drug-likeness (QED) is 0.470. The standard InChI is InChI=1S/C20H26F2N4O4/c1-20(10-9-13-3-7-15(8-4-13)30-18(21)22)17(28)26(19(29)24-20)12-25(2)11-16(27)23-14-5-6-14/h3-4,7-8,14,18H,5-6,9-12H2,1-2H3,(H,23,27)(H,24,29)/p+1/t20-/m1/s1. The van der Waals surface area contributed by atoms with Crippen LogP contribution in [0.4, 0.5) is 13.6 Å². The topological polar surface area (TPSA) is 92.2 Å². The number of benzene rings is 1. The second-order valence-electron chi connectivity index (χ2n) is 8.15. The molecule has 0 aromatic heterocycles. The molecule has 164 valence electrons. The molecule has 1 heterocycles. The summed E-state index contributed by atoms with van der Waals surface area (Å²) in [6.45, 7) is -0.946. The number of likely N-dealkylation sites (N-methyl/N-ethyl adjacent to an activating group) is 1. The van der Waals surface area contributed by atoms with Gasteiger partial charge in [0, 0.05) is 6.04 Å². The van der Waals surface area contributed by atoms with Crippen molar-refractivity contribution in [2.45, 2.75) is 50.8 Å². The Balaban J connectivity index is 1.52. The van der Waals surface area contributed by atoms with Crippen molar-refractivity contribution in [2.24, 2.45) is 0 Å². The van der Waals surface area contributed by atoms with E-state index in [0.717, 1.165) is 28.2 Å². The summed E-state index contributed by atoms with van der Waals surface area (Å²) >= 11 is 0. The van der Waals surface area contributed by atoms with Gasteiger partial charge in [0.2, 0.25) is 0 Å². The molecule has 1 aliphatic carbocycles. The predicted molar refractivity (Wildman–Crippen MR) is 103 cm³/mol. The Kier molecular flexibility index (Phi) is 6.55. The van der Waals surface area contributed by atoms with Gasteiger partial charge in [-0.15, -0.1) is 0 Å². The molecule has 3 rings (SSSR count). The highest BCUT2D eigenvalue weighted by atomic mass is 19.3. The summed E-state index contributed by atoms with van der Waals surface area (Å²) in [4.78, 5) is 39.0. The summed E-state index contributed by atoms with van der Waals surface area (Å²) in [5, 5.41) is 5.63.